The first-order valence-electron chi connectivity index (χ1n) is 8.50. The SMILES string of the molecule is O=C(Nc1ccc2nc([C@@H]3CCCO3)[nH]c2c1)c1ccccc1C(F)(F)F. The topological polar surface area (TPSA) is 67.0 Å². The van der Waals surface area contributed by atoms with Crippen LogP contribution in [0.4, 0.5) is 18.9 Å². The smallest absolute Gasteiger partial charge is 0.370 e. The molecule has 27 heavy (non-hydrogen) atoms. The molecule has 2 N–H and O–H groups in total. The quantitative estimate of drug-likeness (QED) is 0.698. The average Bonchev–Trinajstić information content (AvgIpc) is 3.30. The van der Waals surface area contributed by atoms with Crippen LogP contribution in [0.3, 0.4) is 0 Å². The zero-order valence-corrected chi connectivity index (χ0v) is 14.1. The predicted molar refractivity (Wildman–Crippen MR) is 93.4 cm³/mol. The molecule has 1 saturated heterocycles. The van der Waals surface area contributed by atoms with Crippen LogP contribution in [-0.4, -0.2) is 22.5 Å². The second-order valence-electron chi connectivity index (χ2n) is 6.35. The summed E-state index contributed by atoms with van der Waals surface area (Å²) in [5.41, 5.74) is 0.379. The van der Waals surface area contributed by atoms with Gasteiger partial charge >= 0.3 is 6.18 Å². The molecule has 0 bridgehead atoms. The van der Waals surface area contributed by atoms with E-state index in [-0.39, 0.29) is 6.10 Å². The van der Waals surface area contributed by atoms with Crippen molar-refractivity contribution in [2.45, 2.75) is 25.1 Å². The van der Waals surface area contributed by atoms with Gasteiger partial charge in [-0.05, 0) is 43.2 Å². The molecule has 1 fully saturated rings. The lowest BCUT2D eigenvalue weighted by Gasteiger charge is -2.12. The molecule has 1 aromatic heterocycles. The van der Waals surface area contributed by atoms with Gasteiger partial charge in [-0.2, -0.15) is 13.2 Å². The van der Waals surface area contributed by atoms with Crippen molar-refractivity contribution >= 4 is 22.6 Å². The van der Waals surface area contributed by atoms with Crippen molar-refractivity contribution in [2.24, 2.45) is 0 Å². The van der Waals surface area contributed by atoms with Gasteiger partial charge in [0.1, 0.15) is 11.9 Å². The Labute approximate surface area is 152 Å². The molecule has 0 saturated carbocycles. The first kappa shape index (κ1) is 17.5. The normalized spacial score (nSPS) is 17.4. The van der Waals surface area contributed by atoms with Gasteiger partial charge in [-0.25, -0.2) is 4.98 Å². The number of aromatic nitrogens is 2. The average molecular weight is 375 g/mol. The second kappa shape index (κ2) is 6.70. The fraction of sp³-hybridized carbons (Fsp3) is 0.263. The van der Waals surface area contributed by atoms with Crippen LogP contribution in [0.5, 0.6) is 0 Å². The van der Waals surface area contributed by atoms with Crippen LogP contribution in [0.15, 0.2) is 42.5 Å². The molecular formula is C19H16F3N3O2. The molecule has 2 heterocycles. The molecule has 1 aliphatic rings. The number of benzene rings is 2. The molecule has 4 rings (SSSR count). The Hall–Kier alpha value is -2.87. The number of fused-ring (bicyclic) bond motifs is 1. The number of carbonyl (C=O) groups is 1. The largest absolute Gasteiger partial charge is 0.417 e. The molecule has 1 amide bonds. The highest BCUT2D eigenvalue weighted by Gasteiger charge is 2.34. The van der Waals surface area contributed by atoms with Gasteiger partial charge in [0.2, 0.25) is 0 Å². The number of alkyl halides is 3. The molecule has 1 atom stereocenters. The van der Waals surface area contributed by atoms with Crippen molar-refractivity contribution in [1.82, 2.24) is 9.97 Å². The highest BCUT2D eigenvalue weighted by Crippen LogP contribution is 2.32. The minimum absolute atomic E-state index is 0.0749. The van der Waals surface area contributed by atoms with E-state index in [2.05, 4.69) is 15.3 Å². The molecule has 0 radical (unpaired) electrons. The Balaban J connectivity index is 1.59. The van der Waals surface area contributed by atoms with E-state index in [1.807, 2.05) is 0 Å². The van der Waals surface area contributed by atoms with Crippen molar-refractivity contribution in [1.29, 1.82) is 0 Å². The molecule has 8 heteroatoms. The van der Waals surface area contributed by atoms with E-state index in [4.69, 9.17) is 4.74 Å². The molecule has 0 spiro atoms. The van der Waals surface area contributed by atoms with Crippen LogP contribution in [0.1, 0.15) is 40.7 Å². The van der Waals surface area contributed by atoms with Crippen LogP contribution in [0.25, 0.3) is 11.0 Å². The van der Waals surface area contributed by atoms with E-state index >= 15 is 0 Å². The van der Waals surface area contributed by atoms with Gasteiger partial charge in [0.15, 0.2) is 0 Å². The summed E-state index contributed by atoms with van der Waals surface area (Å²) >= 11 is 0. The van der Waals surface area contributed by atoms with Crippen LogP contribution < -0.4 is 5.32 Å². The summed E-state index contributed by atoms with van der Waals surface area (Å²) in [6, 6.07) is 9.66. The number of amides is 1. The lowest BCUT2D eigenvalue weighted by atomic mass is 10.1. The summed E-state index contributed by atoms with van der Waals surface area (Å²) in [5, 5.41) is 2.52. The molecule has 1 aliphatic heterocycles. The molecule has 0 unspecified atom stereocenters. The Morgan fingerprint density at radius 2 is 2.04 bits per heavy atom. The first-order chi connectivity index (χ1) is 12.9. The zero-order chi connectivity index (χ0) is 19.0. The maximum absolute atomic E-state index is 13.1. The van der Waals surface area contributed by atoms with E-state index in [9.17, 15) is 18.0 Å². The van der Waals surface area contributed by atoms with Crippen molar-refractivity contribution in [3.05, 3.63) is 59.4 Å². The molecule has 3 aromatic rings. The van der Waals surface area contributed by atoms with Gasteiger partial charge in [-0.15, -0.1) is 0 Å². The third-order valence-corrected chi connectivity index (χ3v) is 4.47. The van der Waals surface area contributed by atoms with Gasteiger partial charge in [-0.1, -0.05) is 12.1 Å². The lowest BCUT2D eigenvalue weighted by molar-refractivity contribution is -0.137. The number of ether oxygens (including phenoxy) is 1. The number of imidazole rings is 1. The third kappa shape index (κ3) is 3.52. The Morgan fingerprint density at radius 1 is 1.22 bits per heavy atom. The van der Waals surface area contributed by atoms with Crippen molar-refractivity contribution in [3.8, 4) is 0 Å². The maximum Gasteiger partial charge on any atom is 0.417 e. The number of nitrogens with one attached hydrogen (secondary N) is 2. The highest BCUT2D eigenvalue weighted by molar-refractivity contribution is 6.06. The molecule has 5 nitrogen and oxygen atoms in total. The van der Waals surface area contributed by atoms with Crippen LogP contribution in [0.2, 0.25) is 0 Å². The Bertz CT molecular complexity index is 991. The fourth-order valence-corrected chi connectivity index (χ4v) is 3.18. The second-order valence-corrected chi connectivity index (χ2v) is 6.35. The van der Waals surface area contributed by atoms with E-state index in [1.54, 1.807) is 18.2 Å². The van der Waals surface area contributed by atoms with Crippen molar-refractivity contribution < 1.29 is 22.7 Å². The van der Waals surface area contributed by atoms with Crippen molar-refractivity contribution in [2.75, 3.05) is 11.9 Å². The van der Waals surface area contributed by atoms with Gasteiger partial charge in [0.05, 0.1) is 22.2 Å². The molecule has 140 valence electrons. The number of hydrogen-bond acceptors (Lipinski definition) is 3. The number of carbonyl (C=O) groups excluding carboxylic acids is 1. The maximum atomic E-state index is 13.1. The van der Waals surface area contributed by atoms with Crippen LogP contribution >= 0.6 is 0 Å². The standard InChI is InChI=1S/C19H16F3N3O2/c20-19(21,22)13-5-2-1-4-12(13)18(26)23-11-7-8-14-15(10-11)25-17(24-14)16-6-3-9-27-16/h1-2,4-5,7-8,10,16H,3,6,9H2,(H,23,26)(H,24,25)/t16-/m0/s1. The molecular weight excluding hydrogens is 359 g/mol. The van der Waals surface area contributed by atoms with Crippen LogP contribution in [0, 0.1) is 0 Å². The molecule has 0 aliphatic carbocycles. The number of H-pyrrole nitrogens is 1. The van der Waals surface area contributed by atoms with E-state index in [0.717, 1.165) is 25.0 Å². The molecule has 2 aromatic carbocycles. The predicted octanol–water partition coefficient (Wildman–Crippen LogP) is 4.69. The Kier molecular flexibility index (Phi) is 4.35. The number of rotatable bonds is 3. The van der Waals surface area contributed by atoms with E-state index in [1.165, 1.54) is 12.1 Å². The number of aromatic amines is 1. The van der Waals surface area contributed by atoms with Crippen molar-refractivity contribution in [3.63, 3.8) is 0 Å². The zero-order valence-electron chi connectivity index (χ0n) is 14.1. The Morgan fingerprint density at radius 3 is 2.78 bits per heavy atom. The number of hydrogen-bond donors (Lipinski definition) is 2. The van der Waals surface area contributed by atoms with Gasteiger partial charge in [0.25, 0.3) is 5.91 Å². The fourth-order valence-electron chi connectivity index (χ4n) is 3.18. The van der Waals surface area contributed by atoms with Crippen LogP contribution in [-0.2, 0) is 10.9 Å². The minimum atomic E-state index is -4.60. The summed E-state index contributed by atoms with van der Waals surface area (Å²) in [7, 11) is 0. The van der Waals surface area contributed by atoms with Gasteiger partial charge in [-0.3, -0.25) is 4.79 Å². The minimum Gasteiger partial charge on any atom is -0.370 e. The first-order valence-corrected chi connectivity index (χ1v) is 8.50. The number of halogens is 3. The summed E-state index contributed by atoms with van der Waals surface area (Å²) in [4.78, 5) is 20.0. The summed E-state index contributed by atoms with van der Waals surface area (Å²) in [6.45, 7) is 0.696. The summed E-state index contributed by atoms with van der Waals surface area (Å²) < 4.78 is 44.9. The highest BCUT2D eigenvalue weighted by atomic mass is 19.4. The van der Waals surface area contributed by atoms with Gasteiger partial charge in [0, 0.05) is 12.3 Å². The third-order valence-electron chi connectivity index (χ3n) is 4.47. The number of anilines is 1. The number of nitrogens with zero attached hydrogens (tertiary/aromatic N) is 1. The lowest BCUT2D eigenvalue weighted by Crippen LogP contribution is -2.18. The van der Waals surface area contributed by atoms with E-state index < -0.39 is 23.2 Å². The van der Waals surface area contributed by atoms with Gasteiger partial charge < -0.3 is 15.0 Å². The summed E-state index contributed by atoms with van der Waals surface area (Å²) in [6.07, 6.45) is -2.81. The summed E-state index contributed by atoms with van der Waals surface area (Å²) in [5.74, 6) is -0.102. The monoisotopic (exact) mass is 375 g/mol. The van der Waals surface area contributed by atoms with E-state index in [0.29, 0.717) is 29.2 Å².